The summed E-state index contributed by atoms with van der Waals surface area (Å²) in [5.74, 6) is -0.100. The van der Waals surface area contributed by atoms with E-state index < -0.39 is 10.0 Å². The van der Waals surface area contributed by atoms with E-state index in [0.717, 1.165) is 28.3 Å². The van der Waals surface area contributed by atoms with Crippen LogP contribution in [0.3, 0.4) is 0 Å². The molecule has 0 aliphatic carbocycles. The number of aromatic nitrogens is 2. The predicted octanol–water partition coefficient (Wildman–Crippen LogP) is 2.11. The van der Waals surface area contributed by atoms with E-state index in [-0.39, 0.29) is 23.5 Å². The molecular weight excluding hydrogens is 462 g/mol. The van der Waals surface area contributed by atoms with Crippen molar-refractivity contribution in [1.29, 1.82) is 0 Å². The van der Waals surface area contributed by atoms with E-state index in [1.165, 1.54) is 12.1 Å². The van der Waals surface area contributed by atoms with Crippen LogP contribution in [0.1, 0.15) is 23.2 Å². The lowest BCUT2D eigenvalue weighted by Crippen LogP contribution is -2.48. The average Bonchev–Trinajstić information content (AvgIpc) is 3.52. The molecule has 9 nitrogen and oxygen atoms in total. The van der Waals surface area contributed by atoms with Crippen molar-refractivity contribution in [2.75, 3.05) is 44.2 Å². The monoisotopic (exact) mass is 487 g/mol. The summed E-state index contributed by atoms with van der Waals surface area (Å²) in [4.78, 5) is 27.0. The van der Waals surface area contributed by atoms with E-state index in [1.54, 1.807) is 34.6 Å². The molecule has 5 rings (SSSR count). The summed E-state index contributed by atoms with van der Waals surface area (Å²) in [7, 11) is -3.64. The number of sulfonamides is 1. The second kappa shape index (κ2) is 9.34. The highest BCUT2D eigenvalue weighted by molar-refractivity contribution is 7.89. The first-order chi connectivity index (χ1) is 16.0. The Kier molecular flexibility index (Phi) is 6.28. The van der Waals surface area contributed by atoms with Crippen molar-refractivity contribution >= 4 is 42.7 Å². The number of fused-ring (bicyclic) bond motifs is 1. The van der Waals surface area contributed by atoms with E-state index >= 15 is 0 Å². The molecule has 3 aromatic rings. The summed E-state index contributed by atoms with van der Waals surface area (Å²) in [5, 5.41) is 0.917. The molecular formula is C22H25N5O4S2. The van der Waals surface area contributed by atoms with E-state index in [9.17, 15) is 13.2 Å². The van der Waals surface area contributed by atoms with E-state index in [1.807, 2.05) is 12.1 Å². The highest BCUT2D eigenvalue weighted by Crippen LogP contribution is 2.28. The molecule has 11 heteroatoms. The number of nitrogens with zero attached hydrogens (tertiary/aromatic N) is 4. The molecule has 2 saturated heterocycles. The second-order valence-corrected chi connectivity index (χ2v) is 10.8. The number of carbonyl (C=O) groups excluding carboxylic acids is 1. The molecule has 4 heterocycles. The molecule has 0 spiro atoms. The number of piperazine rings is 1. The van der Waals surface area contributed by atoms with Crippen molar-refractivity contribution in [3.8, 4) is 0 Å². The van der Waals surface area contributed by atoms with Crippen LogP contribution in [0.2, 0.25) is 0 Å². The topological polar surface area (TPSA) is 105 Å². The SMILES string of the molecule is O=C(c1ccc(S(=O)(=O)NCC2CCCO2)cc1)N1CCN(c2nc3cccnc3s2)CC1. The summed E-state index contributed by atoms with van der Waals surface area (Å²) >= 11 is 1.56. The fourth-order valence-corrected chi connectivity index (χ4v) is 6.07. The second-order valence-electron chi connectivity index (χ2n) is 8.11. The normalized spacial score (nSPS) is 19.3. The predicted molar refractivity (Wildman–Crippen MR) is 126 cm³/mol. The molecule has 1 aromatic carbocycles. The van der Waals surface area contributed by atoms with Gasteiger partial charge < -0.3 is 14.5 Å². The molecule has 2 aliphatic heterocycles. The zero-order valence-corrected chi connectivity index (χ0v) is 19.6. The molecule has 0 bridgehead atoms. The van der Waals surface area contributed by atoms with Crippen LogP contribution in [0.15, 0.2) is 47.5 Å². The van der Waals surface area contributed by atoms with Crippen LogP contribution in [0.4, 0.5) is 5.13 Å². The number of hydrogen-bond donors (Lipinski definition) is 1. The summed E-state index contributed by atoms with van der Waals surface area (Å²) < 4.78 is 33.1. The first-order valence-corrected chi connectivity index (χ1v) is 13.3. The number of ether oxygens (including phenoxy) is 1. The minimum Gasteiger partial charge on any atom is -0.377 e. The molecule has 1 unspecified atom stereocenters. The minimum absolute atomic E-state index is 0.0710. The van der Waals surface area contributed by atoms with E-state index in [4.69, 9.17) is 4.74 Å². The molecule has 174 valence electrons. The smallest absolute Gasteiger partial charge is 0.253 e. The van der Waals surface area contributed by atoms with Crippen LogP contribution in [-0.2, 0) is 14.8 Å². The molecule has 33 heavy (non-hydrogen) atoms. The van der Waals surface area contributed by atoms with Gasteiger partial charge in [-0.2, -0.15) is 0 Å². The fourth-order valence-electron chi connectivity index (χ4n) is 4.05. The van der Waals surface area contributed by atoms with Crippen LogP contribution in [-0.4, -0.2) is 74.6 Å². The van der Waals surface area contributed by atoms with Gasteiger partial charge in [-0.05, 0) is 49.2 Å². The summed E-state index contributed by atoms with van der Waals surface area (Å²) in [6.07, 6.45) is 3.50. The number of nitrogens with one attached hydrogen (secondary N) is 1. The molecule has 1 amide bonds. The van der Waals surface area contributed by atoms with Gasteiger partial charge in [-0.15, -0.1) is 0 Å². The molecule has 0 radical (unpaired) electrons. The lowest BCUT2D eigenvalue weighted by molar-refractivity contribution is 0.0746. The number of rotatable bonds is 6. The lowest BCUT2D eigenvalue weighted by Gasteiger charge is -2.34. The van der Waals surface area contributed by atoms with Crippen LogP contribution in [0.5, 0.6) is 0 Å². The third-order valence-electron chi connectivity index (χ3n) is 5.93. The van der Waals surface area contributed by atoms with Crippen molar-refractivity contribution in [2.45, 2.75) is 23.8 Å². The molecule has 2 aliphatic rings. The molecule has 1 N–H and O–H groups in total. The summed E-state index contributed by atoms with van der Waals surface area (Å²) in [5.41, 5.74) is 1.36. The van der Waals surface area contributed by atoms with Crippen LogP contribution >= 0.6 is 11.3 Å². The van der Waals surface area contributed by atoms with Crippen LogP contribution in [0, 0.1) is 0 Å². The van der Waals surface area contributed by atoms with E-state index in [2.05, 4.69) is 19.6 Å². The summed E-state index contributed by atoms with van der Waals surface area (Å²) in [6.45, 7) is 3.46. The highest BCUT2D eigenvalue weighted by Gasteiger charge is 2.25. The van der Waals surface area contributed by atoms with Crippen molar-refractivity contribution in [2.24, 2.45) is 0 Å². The standard InChI is InChI=1S/C22H25N5O4S2/c28-21(16-5-7-18(8-6-16)33(29,30)24-15-17-3-2-14-31-17)26-10-12-27(13-11-26)22-25-19-4-1-9-23-20(19)32-22/h1,4-9,17,24H,2-3,10-15H2. The number of anilines is 1. The van der Waals surface area contributed by atoms with Gasteiger partial charge in [-0.25, -0.2) is 23.1 Å². The molecule has 0 saturated carbocycles. The van der Waals surface area contributed by atoms with Crippen LogP contribution < -0.4 is 9.62 Å². The van der Waals surface area contributed by atoms with Crippen molar-refractivity contribution in [3.63, 3.8) is 0 Å². The molecule has 2 aromatic heterocycles. The van der Waals surface area contributed by atoms with E-state index in [0.29, 0.717) is 38.3 Å². The molecule has 1 atom stereocenters. The lowest BCUT2D eigenvalue weighted by atomic mass is 10.2. The number of amides is 1. The average molecular weight is 488 g/mol. The highest BCUT2D eigenvalue weighted by atomic mass is 32.2. The number of carbonyl (C=O) groups is 1. The van der Waals surface area contributed by atoms with Gasteiger partial charge in [0.25, 0.3) is 5.91 Å². The third-order valence-corrected chi connectivity index (χ3v) is 8.41. The van der Waals surface area contributed by atoms with Gasteiger partial charge >= 0.3 is 0 Å². The van der Waals surface area contributed by atoms with Crippen molar-refractivity contribution in [3.05, 3.63) is 48.2 Å². The number of hydrogen-bond acceptors (Lipinski definition) is 8. The Morgan fingerprint density at radius 2 is 1.94 bits per heavy atom. The van der Waals surface area contributed by atoms with Crippen molar-refractivity contribution in [1.82, 2.24) is 19.6 Å². The number of benzene rings is 1. The maximum absolute atomic E-state index is 12.9. The Morgan fingerprint density at radius 3 is 2.64 bits per heavy atom. The quantitative estimate of drug-likeness (QED) is 0.568. The van der Waals surface area contributed by atoms with Crippen molar-refractivity contribution < 1.29 is 17.9 Å². The van der Waals surface area contributed by atoms with Gasteiger partial charge in [0.1, 0.15) is 10.3 Å². The Balaban J connectivity index is 1.18. The Labute approximate surface area is 196 Å². The number of pyridine rings is 1. The first kappa shape index (κ1) is 22.2. The van der Waals surface area contributed by atoms with Gasteiger partial charge in [0, 0.05) is 51.1 Å². The largest absolute Gasteiger partial charge is 0.377 e. The Bertz CT molecular complexity index is 1200. The Morgan fingerprint density at radius 1 is 1.15 bits per heavy atom. The van der Waals surface area contributed by atoms with Gasteiger partial charge in [-0.1, -0.05) is 11.3 Å². The molecule has 2 fully saturated rings. The number of thiazole rings is 1. The Hall–Kier alpha value is -2.60. The summed E-state index contributed by atoms with van der Waals surface area (Å²) in [6, 6.07) is 9.94. The first-order valence-electron chi connectivity index (χ1n) is 11.0. The van der Waals surface area contributed by atoms with Gasteiger partial charge in [0.15, 0.2) is 5.13 Å². The maximum atomic E-state index is 12.9. The zero-order chi connectivity index (χ0) is 22.8. The van der Waals surface area contributed by atoms with Gasteiger partial charge in [-0.3, -0.25) is 4.79 Å². The van der Waals surface area contributed by atoms with Gasteiger partial charge in [0.2, 0.25) is 10.0 Å². The van der Waals surface area contributed by atoms with Crippen LogP contribution in [0.25, 0.3) is 10.3 Å². The maximum Gasteiger partial charge on any atom is 0.253 e. The zero-order valence-electron chi connectivity index (χ0n) is 18.0. The third kappa shape index (κ3) is 4.86. The minimum atomic E-state index is -3.64. The fraction of sp³-hybridized carbons (Fsp3) is 0.409. The van der Waals surface area contributed by atoms with Gasteiger partial charge in [0.05, 0.1) is 11.0 Å².